The van der Waals surface area contributed by atoms with Gasteiger partial charge in [0.2, 0.25) is 17.7 Å². The monoisotopic (exact) mass is 596 g/mol. The maximum atomic E-state index is 13.4. The summed E-state index contributed by atoms with van der Waals surface area (Å²) in [4.78, 5) is 45.8. The molecule has 2 N–H and O–H groups in total. The molecule has 0 aliphatic carbocycles. The number of hydrogen-bond donors (Lipinski definition) is 2. The average Bonchev–Trinajstić information content (AvgIpc) is 3.44. The van der Waals surface area contributed by atoms with Crippen LogP contribution >= 0.6 is 33.9 Å². The number of amides is 3. The molecule has 7 nitrogen and oxygen atoms in total. The highest BCUT2D eigenvalue weighted by molar-refractivity contribution is 14.1. The Balaban J connectivity index is 1.63. The van der Waals surface area contributed by atoms with Crippen molar-refractivity contribution in [2.24, 2.45) is 5.41 Å². The highest BCUT2D eigenvalue weighted by Crippen LogP contribution is 2.28. The minimum absolute atomic E-state index is 0.139. The Morgan fingerprint density at radius 3 is 2.53 bits per heavy atom. The summed E-state index contributed by atoms with van der Waals surface area (Å²) in [5.41, 5.74) is 4.50. The predicted molar refractivity (Wildman–Crippen MR) is 144 cm³/mol. The standard InChI is InChI=1S/C25H33IN4O3S/c1-16-21(34-15-28-16)18-9-7-17(8-10-18)14-27-23(32)19-6-5-13-30(19)24(33)22(25(2,3)4)29-20(31)11-12-26/h7-10,15,19,22H,5-6,11-14H2,1-4H3,(H,27,32)(H,29,31)/t19-,22+/m0/s1. The van der Waals surface area contributed by atoms with Crippen molar-refractivity contribution in [1.29, 1.82) is 0 Å². The average molecular weight is 597 g/mol. The van der Waals surface area contributed by atoms with E-state index in [0.717, 1.165) is 28.1 Å². The topological polar surface area (TPSA) is 91.4 Å². The number of nitrogens with zero attached hydrogens (tertiary/aromatic N) is 2. The summed E-state index contributed by atoms with van der Waals surface area (Å²) in [6.07, 6.45) is 1.76. The van der Waals surface area contributed by atoms with Gasteiger partial charge in [-0.2, -0.15) is 0 Å². The molecule has 0 bridgehead atoms. The molecular weight excluding hydrogens is 563 g/mol. The Bertz CT molecular complexity index is 1020. The quantitative estimate of drug-likeness (QED) is 0.355. The molecule has 3 rings (SSSR count). The lowest BCUT2D eigenvalue weighted by Crippen LogP contribution is -2.57. The van der Waals surface area contributed by atoms with Gasteiger partial charge in [0.15, 0.2) is 0 Å². The van der Waals surface area contributed by atoms with Crippen LogP contribution in [-0.4, -0.2) is 50.7 Å². The number of hydrogen-bond acceptors (Lipinski definition) is 5. The van der Waals surface area contributed by atoms with E-state index in [1.54, 1.807) is 16.2 Å². The van der Waals surface area contributed by atoms with Crippen LogP contribution in [0.2, 0.25) is 0 Å². The zero-order chi connectivity index (χ0) is 24.9. The molecule has 1 aromatic carbocycles. The van der Waals surface area contributed by atoms with Gasteiger partial charge < -0.3 is 15.5 Å². The zero-order valence-electron chi connectivity index (χ0n) is 20.2. The van der Waals surface area contributed by atoms with E-state index in [0.29, 0.717) is 30.4 Å². The first-order valence-corrected chi connectivity index (χ1v) is 13.9. The molecular formula is C25H33IN4O3S. The fraction of sp³-hybridized carbons (Fsp3) is 0.520. The summed E-state index contributed by atoms with van der Waals surface area (Å²) in [6, 6.07) is 6.91. The molecule has 2 aromatic rings. The van der Waals surface area contributed by atoms with Crippen LogP contribution in [0.15, 0.2) is 29.8 Å². The highest BCUT2D eigenvalue weighted by atomic mass is 127. The Labute approximate surface area is 219 Å². The minimum Gasteiger partial charge on any atom is -0.350 e. The molecule has 1 saturated heterocycles. The van der Waals surface area contributed by atoms with E-state index < -0.39 is 17.5 Å². The van der Waals surface area contributed by atoms with Crippen LogP contribution < -0.4 is 10.6 Å². The molecule has 3 amide bonds. The molecule has 34 heavy (non-hydrogen) atoms. The van der Waals surface area contributed by atoms with Crippen LogP contribution in [0, 0.1) is 12.3 Å². The van der Waals surface area contributed by atoms with Gasteiger partial charge in [0.25, 0.3) is 0 Å². The molecule has 1 aliphatic heterocycles. The van der Waals surface area contributed by atoms with Gasteiger partial charge in [-0.25, -0.2) is 4.98 Å². The molecule has 0 saturated carbocycles. The Morgan fingerprint density at radius 2 is 1.94 bits per heavy atom. The van der Waals surface area contributed by atoms with Crippen molar-refractivity contribution in [1.82, 2.24) is 20.5 Å². The van der Waals surface area contributed by atoms with Crippen LogP contribution in [0.5, 0.6) is 0 Å². The second-order valence-electron chi connectivity index (χ2n) is 9.68. The van der Waals surface area contributed by atoms with E-state index in [4.69, 9.17) is 0 Å². The molecule has 0 radical (unpaired) electrons. The number of benzene rings is 1. The second-order valence-corrected chi connectivity index (χ2v) is 11.6. The van der Waals surface area contributed by atoms with E-state index in [1.807, 2.05) is 57.5 Å². The van der Waals surface area contributed by atoms with Gasteiger partial charge in [-0.1, -0.05) is 67.6 Å². The predicted octanol–water partition coefficient (Wildman–Crippen LogP) is 4.08. The van der Waals surface area contributed by atoms with Crippen molar-refractivity contribution in [2.75, 3.05) is 11.0 Å². The highest BCUT2D eigenvalue weighted by Gasteiger charge is 2.41. The van der Waals surface area contributed by atoms with Crippen LogP contribution in [-0.2, 0) is 20.9 Å². The first-order valence-electron chi connectivity index (χ1n) is 11.5. The SMILES string of the molecule is Cc1ncsc1-c1ccc(CNC(=O)[C@@H]2CCCN2C(=O)[C@@H](NC(=O)CCI)C(C)(C)C)cc1. The van der Waals surface area contributed by atoms with Gasteiger partial charge in [0.1, 0.15) is 12.1 Å². The number of carbonyl (C=O) groups is 3. The van der Waals surface area contributed by atoms with Crippen molar-refractivity contribution in [2.45, 2.75) is 65.6 Å². The lowest BCUT2D eigenvalue weighted by Gasteiger charge is -2.35. The number of alkyl halides is 1. The molecule has 2 heterocycles. The summed E-state index contributed by atoms with van der Waals surface area (Å²) >= 11 is 3.76. The summed E-state index contributed by atoms with van der Waals surface area (Å²) in [5.74, 6) is -0.476. The Kier molecular flexibility index (Phi) is 9.08. The summed E-state index contributed by atoms with van der Waals surface area (Å²) in [7, 11) is 0. The van der Waals surface area contributed by atoms with E-state index in [2.05, 4.69) is 38.2 Å². The summed E-state index contributed by atoms with van der Waals surface area (Å²) in [6.45, 7) is 8.71. The minimum atomic E-state index is -0.668. The molecule has 1 fully saturated rings. The normalized spacial score (nSPS) is 16.9. The largest absolute Gasteiger partial charge is 0.350 e. The number of aromatic nitrogens is 1. The third-order valence-electron chi connectivity index (χ3n) is 6.01. The smallest absolute Gasteiger partial charge is 0.246 e. The third-order valence-corrected chi connectivity index (χ3v) is 7.52. The fourth-order valence-corrected chi connectivity index (χ4v) is 5.40. The number of likely N-dealkylation sites (tertiary alicyclic amines) is 1. The van der Waals surface area contributed by atoms with Crippen LogP contribution in [0.25, 0.3) is 10.4 Å². The maximum Gasteiger partial charge on any atom is 0.246 e. The molecule has 2 atom stereocenters. The first-order chi connectivity index (χ1) is 16.1. The molecule has 9 heteroatoms. The van der Waals surface area contributed by atoms with Crippen molar-refractivity contribution >= 4 is 51.6 Å². The maximum absolute atomic E-state index is 13.4. The van der Waals surface area contributed by atoms with Gasteiger partial charge in [0, 0.05) is 23.9 Å². The number of nitrogens with one attached hydrogen (secondary N) is 2. The van der Waals surface area contributed by atoms with E-state index in [9.17, 15) is 14.4 Å². The lowest BCUT2D eigenvalue weighted by molar-refractivity contribution is -0.143. The van der Waals surface area contributed by atoms with Gasteiger partial charge in [-0.05, 0) is 36.3 Å². The molecule has 184 valence electrons. The van der Waals surface area contributed by atoms with Gasteiger partial charge in [-0.3, -0.25) is 14.4 Å². The zero-order valence-corrected chi connectivity index (χ0v) is 23.2. The van der Waals surface area contributed by atoms with E-state index >= 15 is 0 Å². The molecule has 0 spiro atoms. The van der Waals surface area contributed by atoms with Crippen LogP contribution in [0.4, 0.5) is 0 Å². The second kappa shape index (κ2) is 11.6. The van der Waals surface area contributed by atoms with E-state index in [-0.39, 0.29) is 17.7 Å². The summed E-state index contributed by atoms with van der Waals surface area (Å²) < 4.78 is 0.689. The number of aryl methyl sites for hydroxylation is 1. The number of rotatable bonds is 8. The van der Waals surface area contributed by atoms with Crippen molar-refractivity contribution in [3.63, 3.8) is 0 Å². The number of halogens is 1. The fourth-order valence-electron chi connectivity index (χ4n) is 4.10. The van der Waals surface area contributed by atoms with Crippen molar-refractivity contribution < 1.29 is 14.4 Å². The number of carbonyl (C=O) groups excluding carboxylic acids is 3. The van der Waals surface area contributed by atoms with Crippen molar-refractivity contribution in [3.05, 3.63) is 41.0 Å². The van der Waals surface area contributed by atoms with Crippen molar-refractivity contribution in [3.8, 4) is 10.4 Å². The third kappa shape index (κ3) is 6.56. The number of thiazole rings is 1. The molecule has 0 unspecified atom stereocenters. The van der Waals surface area contributed by atoms with Gasteiger partial charge >= 0.3 is 0 Å². The van der Waals surface area contributed by atoms with Gasteiger partial charge in [-0.15, -0.1) is 11.3 Å². The first kappa shape index (κ1) is 26.6. The van der Waals surface area contributed by atoms with Crippen LogP contribution in [0.1, 0.15) is 51.3 Å². The van der Waals surface area contributed by atoms with E-state index in [1.165, 1.54) is 0 Å². The molecule has 1 aliphatic rings. The lowest BCUT2D eigenvalue weighted by atomic mass is 9.85. The summed E-state index contributed by atoms with van der Waals surface area (Å²) in [5, 5.41) is 5.90. The Morgan fingerprint density at radius 1 is 1.24 bits per heavy atom. The Hall–Kier alpha value is -2.01. The van der Waals surface area contributed by atoms with Crippen LogP contribution in [0.3, 0.4) is 0 Å². The van der Waals surface area contributed by atoms with Gasteiger partial charge in [0.05, 0.1) is 16.1 Å². The molecule has 1 aromatic heterocycles.